The Bertz CT molecular complexity index is 1820. The SMILES string of the molecule is c1ccc(-c2cc(-c3cccc4c3oc3ncccc34)nc3ccc4ccccc4c23)cc1. The zero-order valence-corrected chi connectivity index (χ0v) is 17.7. The van der Waals surface area contributed by atoms with Crippen LogP contribution in [0, 0.1) is 0 Å². The van der Waals surface area contributed by atoms with E-state index in [1.165, 1.54) is 27.3 Å². The molecule has 3 heteroatoms. The highest BCUT2D eigenvalue weighted by molar-refractivity contribution is 6.15. The zero-order chi connectivity index (χ0) is 21.8. The third-order valence-corrected chi connectivity index (χ3v) is 6.33. The number of para-hydroxylation sites is 1. The molecule has 0 saturated carbocycles. The first-order valence-electron chi connectivity index (χ1n) is 11.0. The normalized spacial score (nSPS) is 11.6. The lowest BCUT2D eigenvalue weighted by atomic mass is 9.94. The molecule has 0 atom stereocenters. The maximum atomic E-state index is 6.21. The highest BCUT2D eigenvalue weighted by atomic mass is 16.3. The van der Waals surface area contributed by atoms with E-state index in [-0.39, 0.29) is 0 Å². The first-order valence-corrected chi connectivity index (χ1v) is 11.0. The maximum Gasteiger partial charge on any atom is 0.227 e. The molecule has 0 radical (unpaired) electrons. The van der Waals surface area contributed by atoms with Crippen LogP contribution >= 0.6 is 0 Å². The Morgan fingerprint density at radius 2 is 1.42 bits per heavy atom. The number of benzene rings is 4. The van der Waals surface area contributed by atoms with Crippen LogP contribution in [0.1, 0.15) is 0 Å². The van der Waals surface area contributed by atoms with Crippen LogP contribution in [-0.4, -0.2) is 9.97 Å². The van der Waals surface area contributed by atoms with E-state index >= 15 is 0 Å². The first kappa shape index (κ1) is 18.1. The van der Waals surface area contributed by atoms with Crippen molar-refractivity contribution in [2.24, 2.45) is 0 Å². The fourth-order valence-corrected chi connectivity index (χ4v) is 4.83. The fourth-order valence-electron chi connectivity index (χ4n) is 4.83. The first-order chi connectivity index (χ1) is 16.4. The van der Waals surface area contributed by atoms with Crippen LogP contribution in [0.2, 0.25) is 0 Å². The van der Waals surface area contributed by atoms with Gasteiger partial charge in [0.2, 0.25) is 5.71 Å². The van der Waals surface area contributed by atoms with Crippen molar-refractivity contribution in [1.82, 2.24) is 9.97 Å². The van der Waals surface area contributed by atoms with Crippen molar-refractivity contribution >= 4 is 43.7 Å². The summed E-state index contributed by atoms with van der Waals surface area (Å²) in [5.74, 6) is 0. The number of pyridine rings is 2. The van der Waals surface area contributed by atoms with Gasteiger partial charge in [0.25, 0.3) is 0 Å². The number of nitrogens with zero attached hydrogens (tertiary/aromatic N) is 2. The molecule has 3 nitrogen and oxygen atoms in total. The van der Waals surface area contributed by atoms with Crippen molar-refractivity contribution in [3.8, 4) is 22.4 Å². The molecule has 7 rings (SSSR count). The van der Waals surface area contributed by atoms with E-state index in [0.717, 1.165) is 33.1 Å². The molecule has 33 heavy (non-hydrogen) atoms. The van der Waals surface area contributed by atoms with E-state index in [0.29, 0.717) is 5.71 Å². The number of hydrogen-bond donors (Lipinski definition) is 0. The van der Waals surface area contributed by atoms with Crippen molar-refractivity contribution in [2.75, 3.05) is 0 Å². The molecule has 0 N–H and O–H groups in total. The molecular weight excluding hydrogens is 404 g/mol. The topological polar surface area (TPSA) is 38.9 Å². The van der Waals surface area contributed by atoms with Gasteiger partial charge >= 0.3 is 0 Å². The Balaban J connectivity index is 1.60. The number of aromatic nitrogens is 2. The molecule has 3 heterocycles. The molecule has 0 unspecified atom stereocenters. The van der Waals surface area contributed by atoms with Crippen LogP contribution in [0.4, 0.5) is 0 Å². The van der Waals surface area contributed by atoms with Crippen molar-refractivity contribution in [3.63, 3.8) is 0 Å². The summed E-state index contributed by atoms with van der Waals surface area (Å²) in [6, 6.07) is 35.7. The van der Waals surface area contributed by atoms with Gasteiger partial charge in [-0.3, -0.25) is 0 Å². The molecular formula is C30H18N2O. The summed E-state index contributed by atoms with van der Waals surface area (Å²) in [6.07, 6.45) is 1.76. The second-order valence-corrected chi connectivity index (χ2v) is 8.24. The second kappa shape index (κ2) is 7.01. The fraction of sp³-hybridized carbons (Fsp3) is 0. The van der Waals surface area contributed by atoms with Gasteiger partial charge in [-0.05, 0) is 52.2 Å². The van der Waals surface area contributed by atoms with E-state index in [1.54, 1.807) is 6.20 Å². The van der Waals surface area contributed by atoms with Crippen molar-refractivity contribution in [3.05, 3.63) is 109 Å². The Morgan fingerprint density at radius 1 is 0.606 bits per heavy atom. The van der Waals surface area contributed by atoms with Crippen molar-refractivity contribution in [1.29, 1.82) is 0 Å². The number of hydrogen-bond acceptors (Lipinski definition) is 3. The molecule has 7 aromatic rings. The van der Waals surface area contributed by atoms with Gasteiger partial charge in [0.15, 0.2) is 0 Å². The van der Waals surface area contributed by atoms with E-state index in [1.807, 2.05) is 18.2 Å². The quantitative estimate of drug-likeness (QED) is 0.265. The molecule has 4 aromatic carbocycles. The van der Waals surface area contributed by atoms with Gasteiger partial charge in [-0.25, -0.2) is 9.97 Å². The smallest absolute Gasteiger partial charge is 0.227 e. The Morgan fingerprint density at radius 3 is 2.36 bits per heavy atom. The summed E-state index contributed by atoms with van der Waals surface area (Å²) in [5.41, 5.74) is 6.63. The van der Waals surface area contributed by atoms with Crippen LogP contribution in [0.15, 0.2) is 114 Å². The molecule has 0 spiro atoms. The molecule has 0 aliphatic rings. The Kier molecular flexibility index (Phi) is 3.84. The summed E-state index contributed by atoms with van der Waals surface area (Å²) in [4.78, 5) is 9.54. The monoisotopic (exact) mass is 422 g/mol. The number of rotatable bonds is 2. The number of fused-ring (bicyclic) bond motifs is 6. The van der Waals surface area contributed by atoms with E-state index < -0.39 is 0 Å². The lowest BCUT2D eigenvalue weighted by Gasteiger charge is -2.13. The molecule has 0 saturated heterocycles. The van der Waals surface area contributed by atoms with Crippen molar-refractivity contribution in [2.45, 2.75) is 0 Å². The summed E-state index contributed by atoms with van der Waals surface area (Å²) in [7, 11) is 0. The highest BCUT2D eigenvalue weighted by Gasteiger charge is 2.17. The lowest BCUT2D eigenvalue weighted by Crippen LogP contribution is -1.91. The van der Waals surface area contributed by atoms with Gasteiger partial charge in [-0.1, -0.05) is 72.8 Å². The van der Waals surface area contributed by atoms with Crippen LogP contribution < -0.4 is 0 Å². The molecule has 0 fully saturated rings. The van der Waals surface area contributed by atoms with E-state index in [4.69, 9.17) is 9.40 Å². The molecule has 154 valence electrons. The van der Waals surface area contributed by atoms with Gasteiger partial charge in [0, 0.05) is 27.9 Å². The Labute approximate surface area is 190 Å². The van der Waals surface area contributed by atoms with Crippen molar-refractivity contribution < 1.29 is 4.42 Å². The molecule has 0 aliphatic carbocycles. The summed E-state index contributed by atoms with van der Waals surface area (Å²) in [5, 5.41) is 5.66. The average Bonchev–Trinajstić information content (AvgIpc) is 3.27. The third kappa shape index (κ3) is 2.76. The van der Waals surface area contributed by atoms with Gasteiger partial charge in [-0.2, -0.15) is 0 Å². The minimum atomic E-state index is 0.648. The van der Waals surface area contributed by atoms with E-state index in [2.05, 4.69) is 89.9 Å². The van der Waals surface area contributed by atoms with Crippen LogP contribution in [0.5, 0.6) is 0 Å². The van der Waals surface area contributed by atoms with Gasteiger partial charge in [0.1, 0.15) is 5.58 Å². The average molecular weight is 422 g/mol. The van der Waals surface area contributed by atoms with Crippen LogP contribution in [0.3, 0.4) is 0 Å². The molecule has 0 bridgehead atoms. The van der Waals surface area contributed by atoms with Gasteiger partial charge in [-0.15, -0.1) is 0 Å². The zero-order valence-electron chi connectivity index (χ0n) is 17.7. The summed E-state index contributed by atoms with van der Waals surface area (Å²) >= 11 is 0. The predicted octanol–water partition coefficient (Wildman–Crippen LogP) is 8.02. The summed E-state index contributed by atoms with van der Waals surface area (Å²) < 4.78 is 6.21. The van der Waals surface area contributed by atoms with Crippen LogP contribution in [0.25, 0.3) is 66.1 Å². The highest BCUT2D eigenvalue weighted by Crippen LogP contribution is 2.39. The largest absolute Gasteiger partial charge is 0.437 e. The molecule has 0 amide bonds. The van der Waals surface area contributed by atoms with E-state index in [9.17, 15) is 0 Å². The standard InChI is InChI=1S/C30H18N2O/c1-2-8-19(9-3-1)25-18-27(32-26-16-15-20-10-4-5-11-21(20)28(25)26)24-13-6-12-22-23-14-7-17-31-30(23)33-29(22)24/h1-18H. The second-order valence-electron chi connectivity index (χ2n) is 8.24. The lowest BCUT2D eigenvalue weighted by molar-refractivity contribution is 0.655. The summed E-state index contributed by atoms with van der Waals surface area (Å²) in [6.45, 7) is 0. The van der Waals surface area contributed by atoms with Crippen LogP contribution in [-0.2, 0) is 0 Å². The maximum absolute atomic E-state index is 6.21. The molecule has 3 aromatic heterocycles. The minimum Gasteiger partial charge on any atom is -0.437 e. The minimum absolute atomic E-state index is 0.648. The van der Waals surface area contributed by atoms with Gasteiger partial charge < -0.3 is 4.42 Å². The van der Waals surface area contributed by atoms with Gasteiger partial charge in [0.05, 0.1) is 11.2 Å². The molecule has 0 aliphatic heterocycles. The Hall–Kier alpha value is -4.50. The number of furan rings is 1. The third-order valence-electron chi connectivity index (χ3n) is 6.33. The predicted molar refractivity (Wildman–Crippen MR) is 135 cm³/mol.